The summed E-state index contributed by atoms with van der Waals surface area (Å²) in [5.74, 6) is -1.37. The van der Waals surface area contributed by atoms with Gasteiger partial charge in [0.05, 0.1) is 0 Å². The van der Waals surface area contributed by atoms with Crippen LogP contribution in [0, 0.1) is 11.6 Å². The lowest BCUT2D eigenvalue weighted by Crippen LogP contribution is -2.46. The molecule has 0 saturated carbocycles. The molecular weight excluding hydrogens is 274 g/mol. The SMILES string of the molecule is NC(=O)C1(Nc2cccc(F)c2)CCc2c(F)cccc21. The summed E-state index contributed by atoms with van der Waals surface area (Å²) in [6.45, 7) is 0. The Labute approximate surface area is 120 Å². The Hall–Kier alpha value is -2.43. The van der Waals surface area contributed by atoms with Gasteiger partial charge in [0.2, 0.25) is 5.91 Å². The lowest BCUT2D eigenvalue weighted by molar-refractivity contribution is -0.122. The van der Waals surface area contributed by atoms with Crippen LogP contribution < -0.4 is 11.1 Å². The Morgan fingerprint density at radius 3 is 2.67 bits per heavy atom. The molecule has 0 fully saturated rings. The second-order valence-corrected chi connectivity index (χ2v) is 5.17. The van der Waals surface area contributed by atoms with Crippen molar-refractivity contribution in [1.82, 2.24) is 0 Å². The first-order valence-electron chi connectivity index (χ1n) is 6.64. The predicted molar refractivity (Wildman–Crippen MR) is 75.6 cm³/mol. The molecule has 21 heavy (non-hydrogen) atoms. The van der Waals surface area contributed by atoms with Gasteiger partial charge in [0.1, 0.15) is 17.2 Å². The van der Waals surface area contributed by atoms with E-state index in [0.717, 1.165) is 0 Å². The van der Waals surface area contributed by atoms with E-state index < -0.39 is 17.3 Å². The van der Waals surface area contributed by atoms with Gasteiger partial charge < -0.3 is 11.1 Å². The van der Waals surface area contributed by atoms with Crippen molar-refractivity contribution >= 4 is 11.6 Å². The Morgan fingerprint density at radius 2 is 1.95 bits per heavy atom. The number of amides is 1. The molecular formula is C16H14F2N2O. The number of nitrogens with one attached hydrogen (secondary N) is 1. The van der Waals surface area contributed by atoms with Gasteiger partial charge in [-0.15, -0.1) is 0 Å². The number of carbonyl (C=O) groups is 1. The second kappa shape index (κ2) is 4.84. The van der Waals surface area contributed by atoms with Gasteiger partial charge in [0, 0.05) is 5.69 Å². The van der Waals surface area contributed by atoms with Crippen molar-refractivity contribution in [2.45, 2.75) is 18.4 Å². The van der Waals surface area contributed by atoms with Gasteiger partial charge in [-0.3, -0.25) is 4.79 Å². The molecule has 0 bridgehead atoms. The lowest BCUT2D eigenvalue weighted by atomic mass is 9.90. The summed E-state index contributed by atoms with van der Waals surface area (Å²) in [5, 5.41) is 3.00. The molecule has 3 nitrogen and oxygen atoms in total. The number of anilines is 1. The lowest BCUT2D eigenvalue weighted by Gasteiger charge is -2.29. The molecule has 1 amide bonds. The third kappa shape index (κ3) is 2.14. The predicted octanol–water partition coefficient (Wildman–Crippen LogP) is 2.70. The van der Waals surface area contributed by atoms with Crippen molar-refractivity contribution in [1.29, 1.82) is 0 Å². The largest absolute Gasteiger partial charge is 0.368 e. The summed E-state index contributed by atoms with van der Waals surface area (Å²) >= 11 is 0. The fraction of sp³-hybridized carbons (Fsp3) is 0.188. The van der Waals surface area contributed by atoms with E-state index in [0.29, 0.717) is 29.7 Å². The highest BCUT2D eigenvalue weighted by atomic mass is 19.1. The van der Waals surface area contributed by atoms with Crippen LogP contribution in [-0.4, -0.2) is 5.91 Å². The van der Waals surface area contributed by atoms with Crippen molar-refractivity contribution in [3.8, 4) is 0 Å². The van der Waals surface area contributed by atoms with Gasteiger partial charge in [-0.2, -0.15) is 0 Å². The number of fused-ring (bicyclic) bond motifs is 1. The Bertz CT molecular complexity index is 717. The molecule has 0 aliphatic heterocycles. The zero-order valence-electron chi connectivity index (χ0n) is 11.2. The smallest absolute Gasteiger partial charge is 0.247 e. The fourth-order valence-electron chi connectivity index (χ4n) is 2.92. The second-order valence-electron chi connectivity index (χ2n) is 5.17. The van der Waals surface area contributed by atoms with E-state index >= 15 is 0 Å². The summed E-state index contributed by atoms with van der Waals surface area (Å²) in [4.78, 5) is 12.0. The average molecular weight is 288 g/mol. The molecule has 0 spiro atoms. The molecule has 0 saturated heterocycles. The van der Waals surface area contributed by atoms with Gasteiger partial charge >= 0.3 is 0 Å². The Kier molecular flexibility index (Phi) is 3.12. The molecule has 108 valence electrons. The molecule has 1 atom stereocenters. The van der Waals surface area contributed by atoms with Gasteiger partial charge in [0.25, 0.3) is 0 Å². The number of halogens is 2. The summed E-state index contributed by atoms with van der Waals surface area (Å²) in [6, 6.07) is 10.4. The maximum Gasteiger partial charge on any atom is 0.247 e. The third-order valence-electron chi connectivity index (χ3n) is 3.93. The zero-order chi connectivity index (χ0) is 15.0. The zero-order valence-corrected chi connectivity index (χ0v) is 11.2. The van der Waals surface area contributed by atoms with Crippen LogP contribution in [0.4, 0.5) is 14.5 Å². The molecule has 0 radical (unpaired) electrons. The summed E-state index contributed by atoms with van der Waals surface area (Å²) < 4.78 is 27.2. The van der Waals surface area contributed by atoms with E-state index in [1.165, 1.54) is 24.3 Å². The maximum atomic E-state index is 13.9. The summed E-state index contributed by atoms with van der Waals surface area (Å²) in [5.41, 5.74) is 5.81. The highest BCUT2D eigenvalue weighted by molar-refractivity contribution is 5.91. The maximum absolute atomic E-state index is 13.9. The Morgan fingerprint density at radius 1 is 1.19 bits per heavy atom. The van der Waals surface area contributed by atoms with Crippen molar-refractivity contribution in [3.63, 3.8) is 0 Å². The van der Waals surface area contributed by atoms with Crippen LogP contribution in [-0.2, 0) is 16.8 Å². The van der Waals surface area contributed by atoms with E-state index in [2.05, 4.69) is 5.32 Å². The van der Waals surface area contributed by atoms with Crippen molar-refractivity contribution in [2.24, 2.45) is 5.73 Å². The highest BCUT2D eigenvalue weighted by Crippen LogP contribution is 2.40. The number of primary amides is 1. The molecule has 0 aromatic heterocycles. The number of nitrogens with two attached hydrogens (primary N) is 1. The molecule has 1 unspecified atom stereocenters. The van der Waals surface area contributed by atoms with Gasteiger partial charge in [-0.1, -0.05) is 18.2 Å². The monoisotopic (exact) mass is 288 g/mol. The number of carbonyl (C=O) groups excluding carboxylic acids is 1. The molecule has 1 aliphatic carbocycles. The molecule has 3 N–H and O–H groups in total. The molecule has 2 aromatic rings. The van der Waals surface area contributed by atoms with Crippen LogP contribution in [0.5, 0.6) is 0 Å². The van der Waals surface area contributed by atoms with E-state index in [1.807, 2.05) is 0 Å². The van der Waals surface area contributed by atoms with Crippen LogP contribution >= 0.6 is 0 Å². The van der Waals surface area contributed by atoms with Gasteiger partial charge in [-0.05, 0) is 48.2 Å². The molecule has 1 aliphatic rings. The molecule has 3 rings (SSSR count). The average Bonchev–Trinajstić information content (AvgIpc) is 2.81. The number of rotatable bonds is 3. The Balaban J connectivity index is 2.08. The number of hydrogen-bond acceptors (Lipinski definition) is 2. The van der Waals surface area contributed by atoms with E-state index in [-0.39, 0.29) is 5.82 Å². The first-order valence-corrected chi connectivity index (χ1v) is 6.64. The topological polar surface area (TPSA) is 55.1 Å². The summed E-state index contributed by atoms with van der Waals surface area (Å²) in [6.07, 6.45) is 0.752. The minimum atomic E-state index is -1.20. The minimum Gasteiger partial charge on any atom is -0.368 e. The van der Waals surface area contributed by atoms with Crippen molar-refractivity contribution in [3.05, 3.63) is 65.2 Å². The molecule has 2 aromatic carbocycles. The van der Waals surface area contributed by atoms with Crippen molar-refractivity contribution in [2.75, 3.05) is 5.32 Å². The molecule has 5 heteroatoms. The van der Waals surface area contributed by atoms with E-state index in [1.54, 1.807) is 18.2 Å². The van der Waals surface area contributed by atoms with Gasteiger partial charge in [-0.25, -0.2) is 8.78 Å². The fourth-order valence-corrected chi connectivity index (χ4v) is 2.92. The first-order chi connectivity index (χ1) is 10.0. The highest BCUT2D eigenvalue weighted by Gasteiger charge is 2.45. The number of hydrogen-bond donors (Lipinski definition) is 2. The standard InChI is InChI=1S/C16H14F2N2O/c17-10-3-1-4-11(9-10)20-16(15(19)21)8-7-12-13(16)5-2-6-14(12)18/h1-6,9,20H,7-8H2,(H2,19,21). The van der Waals surface area contributed by atoms with Crippen LogP contribution in [0.2, 0.25) is 0 Å². The number of benzene rings is 2. The van der Waals surface area contributed by atoms with Crippen LogP contribution in [0.3, 0.4) is 0 Å². The van der Waals surface area contributed by atoms with Crippen molar-refractivity contribution < 1.29 is 13.6 Å². The first kappa shape index (κ1) is 13.5. The van der Waals surface area contributed by atoms with Crippen LogP contribution in [0.25, 0.3) is 0 Å². The van der Waals surface area contributed by atoms with Crippen LogP contribution in [0.15, 0.2) is 42.5 Å². The van der Waals surface area contributed by atoms with E-state index in [9.17, 15) is 13.6 Å². The summed E-state index contributed by atoms with van der Waals surface area (Å²) in [7, 11) is 0. The van der Waals surface area contributed by atoms with Gasteiger partial charge in [0.15, 0.2) is 0 Å². The quantitative estimate of drug-likeness (QED) is 0.912. The normalized spacial score (nSPS) is 20.1. The third-order valence-corrected chi connectivity index (χ3v) is 3.93. The van der Waals surface area contributed by atoms with E-state index in [4.69, 9.17) is 5.73 Å². The minimum absolute atomic E-state index is 0.342. The van der Waals surface area contributed by atoms with Crippen LogP contribution in [0.1, 0.15) is 17.5 Å². The molecule has 0 heterocycles.